The molecule has 0 spiro atoms. The van der Waals surface area contributed by atoms with Crippen molar-refractivity contribution in [3.05, 3.63) is 41.5 Å². The van der Waals surface area contributed by atoms with E-state index in [1.807, 2.05) is 6.92 Å². The Kier molecular flexibility index (Phi) is 32.9. The molecule has 26 nitrogen and oxygen atoms in total. The Morgan fingerprint density at radius 1 is 0.658 bits per heavy atom. The van der Waals surface area contributed by atoms with Gasteiger partial charge in [-0.25, -0.2) is 28.0 Å². The number of alkyl carbamates (subject to hydrolysis) is 1. The lowest BCUT2D eigenvalue weighted by Crippen LogP contribution is -2.41. The molecular formula is C46H73N7O19S. The number of hydrogen-bond acceptors (Lipinski definition) is 21. The summed E-state index contributed by atoms with van der Waals surface area (Å²) in [6.45, 7) is 9.84. The Labute approximate surface area is 426 Å². The van der Waals surface area contributed by atoms with Crippen LogP contribution in [0, 0.1) is 0 Å². The van der Waals surface area contributed by atoms with Gasteiger partial charge in [0.15, 0.2) is 0 Å². The van der Waals surface area contributed by atoms with Crippen molar-refractivity contribution < 1.29 is 89.3 Å². The standard InChI is InChI=1S/C46H73N7O19S/c1-3-10-53(45(57)38-33-37-4-5-39(73(59,60)48-2)35-40(37)51-41(47)34-38)72-12-9-50-46(58)71-32-31-70-30-29-69-28-27-68-26-25-67-24-23-66-22-21-65-20-19-64-18-17-63-16-15-62-14-13-61-11-8-49-42(54)36-52-43(55)6-7-44(52)56/h4-7,33,35,48H,3,8-32,34,36H2,1-2H3,(H2,47,51)(H,49,54)(H,50,58). The van der Waals surface area contributed by atoms with Gasteiger partial charge in [0.1, 0.15) is 19.0 Å². The van der Waals surface area contributed by atoms with Crippen LogP contribution in [-0.4, -0.2) is 233 Å². The van der Waals surface area contributed by atoms with Crippen LogP contribution in [0.25, 0.3) is 6.08 Å². The molecule has 5 N–H and O–H groups in total. The molecule has 2 aliphatic heterocycles. The highest BCUT2D eigenvalue weighted by Gasteiger charge is 2.26. The number of imide groups is 1. The average Bonchev–Trinajstić information content (AvgIpc) is 3.58. The molecule has 2 aliphatic rings. The zero-order valence-electron chi connectivity index (χ0n) is 41.8. The van der Waals surface area contributed by atoms with Crippen molar-refractivity contribution in [2.45, 2.75) is 24.7 Å². The van der Waals surface area contributed by atoms with E-state index in [-0.39, 0.29) is 69.8 Å². The SMILES string of the molecule is CCCN(OCCNC(=O)OCCOCCOCCOCCOCCOCCOCCOCCOCCOCCOCCNC(=O)CN1C(=O)C=CC1=O)C(=O)C1=Cc2ccc(S(=O)(=O)NC)cc2N=C(N)C1. The number of amides is 5. The summed E-state index contributed by atoms with van der Waals surface area (Å²) in [6.07, 6.45) is 3.82. The second-order valence-corrected chi connectivity index (χ2v) is 17.1. The number of benzene rings is 1. The van der Waals surface area contributed by atoms with Gasteiger partial charge in [-0.15, -0.1) is 0 Å². The predicted molar refractivity (Wildman–Crippen MR) is 261 cm³/mol. The zero-order chi connectivity index (χ0) is 52.8. The molecule has 1 aromatic carbocycles. The second-order valence-electron chi connectivity index (χ2n) is 15.3. The number of amidine groups is 1. The molecule has 1 aromatic rings. The van der Waals surface area contributed by atoms with Crippen LogP contribution in [0.3, 0.4) is 0 Å². The number of hydroxylamine groups is 2. The predicted octanol–water partition coefficient (Wildman–Crippen LogP) is -0.526. The maximum atomic E-state index is 13.4. The minimum absolute atomic E-state index is 0.0110. The molecule has 0 bridgehead atoms. The van der Waals surface area contributed by atoms with Gasteiger partial charge in [-0.2, -0.15) is 0 Å². The smallest absolute Gasteiger partial charge is 0.407 e. The minimum Gasteiger partial charge on any atom is -0.447 e. The van der Waals surface area contributed by atoms with Crippen molar-refractivity contribution >= 4 is 57.3 Å². The van der Waals surface area contributed by atoms with E-state index in [1.54, 1.807) is 12.1 Å². The third-order valence-electron chi connectivity index (χ3n) is 9.67. The third-order valence-corrected chi connectivity index (χ3v) is 11.1. The van der Waals surface area contributed by atoms with Gasteiger partial charge in [-0.05, 0) is 31.7 Å². The zero-order valence-corrected chi connectivity index (χ0v) is 42.7. The van der Waals surface area contributed by atoms with Crippen LogP contribution in [0.4, 0.5) is 10.5 Å². The van der Waals surface area contributed by atoms with Gasteiger partial charge < -0.3 is 68.5 Å². The maximum absolute atomic E-state index is 13.4. The van der Waals surface area contributed by atoms with Crippen molar-refractivity contribution in [1.82, 2.24) is 25.3 Å². The Hall–Kier alpha value is -5.01. The van der Waals surface area contributed by atoms with Crippen LogP contribution in [-0.2, 0) is 86.1 Å². The molecule has 0 saturated carbocycles. The summed E-state index contributed by atoms with van der Waals surface area (Å²) >= 11 is 0. The first-order valence-corrected chi connectivity index (χ1v) is 25.5. The van der Waals surface area contributed by atoms with Gasteiger partial charge >= 0.3 is 6.09 Å². The number of fused-ring (bicyclic) bond motifs is 1. The molecule has 412 valence electrons. The Bertz CT molecular complexity index is 1990. The Morgan fingerprint density at radius 2 is 1.11 bits per heavy atom. The molecule has 0 unspecified atom stereocenters. The number of sulfonamides is 1. The Balaban J connectivity index is 0.999. The molecule has 3 rings (SSSR count). The summed E-state index contributed by atoms with van der Waals surface area (Å²) in [7, 11) is -2.40. The lowest BCUT2D eigenvalue weighted by atomic mass is 10.1. The van der Waals surface area contributed by atoms with Crippen molar-refractivity contribution in [3.63, 3.8) is 0 Å². The normalized spacial score (nSPS) is 13.4. The highest BCUT2D eigenvalue weighted by atomic mass is 32.2. The van der Waals surface area contributed by atoms with Crippen LogP contribution in [0.5, 0.6) is 0 Å². The van der Waals surface area contributed by atoms with Crippen LogP contribution < -0.4 is 21.1 Å². The fourth-order valence-corrected chi connectivity index (χ4v) is 6.81. The number of nitrogens with zero attached hydrogens (tertiary/aromatic N) is 3. The highest BCUT2D eigenvalue weighted by molar-refractivity contribution is 7.89. The van der Waals surface area contributed by atoms with E-state index in [0.717, 1.165) is 17.1 Å². The summed E-state index contributed by atoms with van der Waals surface area (Å²) in [5.41, 5.74) is 7.24. The number of hydrogen-bond donors (Lipinski definition) is 4. The third kappa shape index (κ3) is 27.7. The number of rotatable bonds is 44. The molecular weight excluding hydrogens is 987 g/mol. The summed E-state index contributed by atoms with van der Waals surface area (Å²) in [4.78, 5) is 71.2. The fraction of sp³-hybridized carbons (Fsp3) is 0.652. The van der Waals surface area contributed by atoms with Crippen molar-refractivity contribution in [2.24, 2.45) is 10.7 Å². The largest absolute Gasteiger partial charge is 0.447 e. The molecule has 27 heteroatoms. The van der Waals surface area contributed by atoms with E-state index >= 15 is 0 Å². The average molecular weight is 1060 g/mol. The second kappa shape index (κ2) is 38.6. The molecule has 0 aliphatic carbocycles. The first-order chi connectivity index (χ1) is 35.4. The lowest BCUT2D eigenvalue weighted by molar-refractivity contribution is -0.181. The molecule has 0 saturated heterocycles. The number of nitrogens with one attached hydrogen (secondary N) is 3. The molecule has 0 fully saturated rings. The summed E-state index contributed by atoms with van der Waals surface area (Å²) in [5, 5.41) is 6.35. The van der Waals surface area contributed by atoms with E-state index in [4.69, 9.17) is 62.7 Å². The molecule has 0 atom stereocenters. The minimum atomic E-state index is -3.70. The molecule has 0 radical (unpaired) electrons. The van der Waals surface area contributed by atoms with Gasteiger partial charge in [-0.1, -0.05) is 13.0 Å². The number of carbonyl (C=O) groups is 5. The molecule has 0 aromatic heterocycles. The quantitative estimate of drug-likeness (QED) is 0.0363. The highest BCUT2D eigenvalue weighted by Crippen LogP contribution is 2.29. The van der Waals surface area contributed by atoms with Crippen LogP contribution in [0.15, 0.2) is 45.8 Å². The van der Waals surface area contributed by atoms with E-state index in [2.05, 4.69) is 20.3 Å². The van der Waals surface area contributed by atoms with Crippen molar-refractivity contribution in [3.8, 4) is 0 Å². The Morgan fingerprint density at radius 3 is 1.58 bits per heavy atom. The van der Waals surface area contributed by atoms with Gasteiger partial charge in [0.25, 0.3) is 17.7 Å². The van der Waals surface area contributed by atoms with Gasteiger partial charge in [-0.3, -0.25) is 28.9 Å². The van der Waals surface area contributed by atoms with Crippen LogP contribution in [0.2, 0.25) is 0 Å². The van der Waals surface area contributed by atoms with Crippen LogP contribution >= 0.6 is 0 Å². The van der Waals surface area contributed by atoms with Crippen LogP contribution in [0.1, 0.15) is 25.3 Å². The number of aliphatic imine (C=N–C) groups is 1. The number of carbonyl (C=O) groups excluding carboxylic acids is 5. The summed E-state index contributed by atoms with van der Waals surface area (Å²) < 4.78 is 86.5. The van der Waals surface area contributed by atoms with Crippen molar-refractivity contribution in [2.75, 3.05) is 179 Å². The number of nitrogens with two attached hydrogens (primary N) is 1. The first kappa shape index (κ1) is 62.3. The van der Waals surface area contributed by atoms with Gasteiger partial charge in [0.2, 0.25) is 15.9 Å². The van der Waals surface area contributed by atoms with Gasteiger partial charge in [0.05, 0.1) is 149 Å². The van der Waals surface area contributed by atoms with Gasteiger partial charge in [0, 0.05) is 49.3 Å². The maximum Gasteiger partial charge on any atom is 0.407 e. The van der Waals surface area contributed by atoms with Crippen molar-refractivity contribution in [1.29, 1.82) is 0 Å². The molecule has 2 heterocycles. The summed E-state index contributed by atoms with van der Waals surface area (Å²) in [6, 6.07) is 4.37. The topological polar surface area (TPSA) is 311 Å². The monoisotopic (exact) mass is 1060 g/mol. The molecule has 73 heavy (non-hydrogen) atoms. The summed E-state index contributed by atoms with van der Waals surface area (Å²) in [5.74, 6) is -1.74. The lowest BCUT2D eigenvalue weighted by Gasteiger charge is -2.22. The number of ether oxygens (including phenoxy) is 11. The molecule has 5 amide bonds. The van der Waals surface area contributed by atoms with E-state index in [1.165, 1.54) is 24.2 Å². The fourth-order valence-electron chi connectivity index (χ4n) is 6.06. The van der Waals surface area contributed by atoms with E-state index in [0.29, 0.717) is 142 Å². The van der Waals surface area contributed by atoms with E-state index in [9.17, 15) is 32.4 Å². The van der Waals surface area contributed by atoms with E-state index < -0.39 is 39.7 Å². The first-order valence-electron chi connectivity index (χ1n) is 24.0.